The molecule has 2 heterocycles. The van der Waals surface area contributed by atoms with Gasteiger partial charge >= 0.3 is 0 Å². The molecule has 1 atom stereocenters. The van der Waals surface area contributed by atoms with E-state index in [0.717, 1.165) is 12.2 Å². The predicted molar refractivity (Wildman–Crippen MR) is 74.6 cm³/mol. The van der Waals surface area contributed by atoms with Gasteiger partial charge in [0.15, 0.2) is 0 Å². The average Bonchev–Trinajstić information content (AvgIpc) is 2.77. The van der Waals surface area contributed by atoms with Crippen LogP contribution in [-0.2, 0) is 0 Å². The lowest BCUT2D eigenvalue weighted by Crippen LogP contribution is -2.09. The summed E-state index contributed by atoms with van der Waals surface area (Å²) in [5.41, 5.74) is 6.35. The molecule has 0 saturated heterocycles. The number of thiophene rings is 1. The van der Waals surface area contributed by atoms with Crippen LogP contribution in [0.3, 0.4) is 0 Å². The van der Waals surface area contributed by atoms with Crippen molar-refractivity contribution >= 4 is 34.4 Å². The minimum Gasteiger partial charge on any atom is -0.399 e. The van der Waals surface area contributed by atoms with Gasteiger partial charge in [0.2, 0.25) is 0 Å². The van der Waals surface area contributed by atoms with Crippen molar-refractivity contribution < 1.29 is 0 Å². The summed E-state index contributed by atoms with van der Waals surface area (Å²) in [5.74, 6) is 0.718. The van der Waals surface area contributed by atoms with Crippen LogP contribution >= 0.6 is 22.9 Å². The molecule has 5 heteroatoms. The molecule has 0 fully saturated rings. The van der Waals surface area contributed by atoms with Crippen LogP contribution in [0.1, 0.15) is 24.3 Å². The smallest absolute Gasteiger partial charge is 0.133 e. The number of aromatic nitrogens is 1. The number of rotatable bonds is 4. The fourth-order valence-electron chi connectivity index (χ4n) is 1.63. The van der Waals surface area contributed by atoms with Crippen LogP contribution in [0.2, 0.25) is 5.15 Å². The van der Waals surface area contributed by atoms with Crippen molar-refractivity contribution in [2.45, 2.75) is 19.4 Å². The molecule has 3 N–H and O–H groups in total. The third-order valence-electron chi connectivity index (χ3n) is 2.43. The maximum absolute atomic E-state index is 5.87. The van der Waals surface area contributed by atoms with Crippen LogP contribution in [0.25, 0.3) is 0 Å². The van der Waals surface area contributed by atoms with Crippen LogP contribution in [0.5, 0.6) is 0 Å². The number of nitrogens with zero attached hydrogens (tertiary/aromatic N) is 1. The fraction of sp³-hybridized carbons (Fsp3) is 0.250. The van der Waals surface area contributed by atoms with Gasteiger partial charge in [-0.1, -0.05) is 24.6 Å². The van der Waals surface area contributed by atoms with E-state index >= 15 is 0 Å². The predicted octanol–water partition coefficient (Wildman–Crippen LogP) is 3.94. The molecular formula is C12H14ClN3S. The minimum atomic E-state index is 0.250. The van der Waals surface area contributed by atoms with Gasteiger partial charge in [0.1, 0.15) is 11.0 Å². The molecule has 0 saturated carbocycles. The molecule has 2 aromatic rings. The first kappa shape index (κ1) is 12.2. The van der Waals surface area contributed by atoms with Crippen LogP contribution in [0, 0.1) is 0 Å². The molecule has 0 aromatic carbocycles. The van der Waals surface area contributed by atoms with Gasteiger partial charge in [-0.25, -0.2) is 4.98 Å². The first-order chi connectivity index (χ1) is 8.19. The summed E-state index contributed by atoms with van der Waals surface area (Å²) >= 11 is 7.60. The monoisotopic (exact) mass is 267 g/mol. The highest BCUT2D eigenvalue weighted by Gasteiger charge is 2.11. The van der Waals surface area contributed by atoms with E-state index in [4.69, 9.17) is 17.3 Å². The van der Waals surface area contributed by atoms with Crippen molar-refractivity contribution in [2.24, 2.45) is 0 Å². The molecule has 0 aliphatic carbocycles. The molecule has 90 valence electrons. The molecule has 17 heavy (non-hydrogen) atoms. The van der Waals surface area contributed by atoms with E-state index in [9.17, 15) is 0 Å². The zero-order valence-electron chi connectivity index (χ0n) is 9.48. The minimum absolute atomic E-state index is 0.250. The highest BCUT2D eigenvalue weighted by Crippen LogP contribution is 2.26. The van der Waals surface area contributed by atoms with Crippen LogP contribution in [0.4, 0.5) is 11.5 Å². The van der Waals surface area contributed by atoms with Crippen molar-refractivity contribution in [3.63, 3.8) is 0 Å². The Kier molecular flexibility index (Phi) is 3.86. The first-order valence-electron chi connectivity index (χ1n) is 5.42. The lowest BCUT2D eigenvalue weighted by atomic mass is 10.2. The average molecular weight is 268 g/mol. The van der Waals surface area contributed by atoms with E-state index in [-0.39, 0.29) is 6.04 Å². The largest absolute Gasteiger partial charge is 0.399 e. The van der Waals surface area contributed by atoms with Gasteiger partial charge in [-0.15, -0.1) is 11.3 Å². The van der Waals surface area contributed by atoms with Crippen molar-refractivity contribution in [1.82, 2.24) is 4.98 Å². The SMILES string of the molecule is CCC(Nc1cc(N)cc(Cl)n1)c1cccs1. The summed E-state index contributed by atoms with van der Waals surface area (Å²) in [6.45, 7) is 2.13. The van der Waals surface area contributed by atoms with E-state index in [2.05, 4.69) is 28.7 Å². The molecule has 3 nitrogen and oxygen atoms in total. The maximum Gasteiger partial charge on any atom is 0.133 e. The quantitative estimate of drug-likeness (QED) is 0.825. The van der Waals surface area contributed by atoms with E-state index in [1.165, 1.54) is 4.88 Å². The molecule has 0 radical (unpaired) electrons. The lowest BCUT2D eigenvalue weighted by molar-refractivity contribution is 0.759. The number of nitrogens with one attached hydrogen (secondary N) is 1. The van der Waals surface area contributed by atoms with Gasteiger partial charge < -0.3 is 11.1 Å². The topological polar surface area (TPSA) is 50.9 Å². The Bertz CT molecular complexity index is 464. The van der Waals surface area contributed by atoms with Gasteiger partial charge in [-0.05, 0) is 23.9 Å². The van der Waals surface area contributed by atoms with Crippen LogP contribution in [0.15, 0.2) is 29.6 Å². The number of anilines is 2. The summed E-state index contributed by atoms with van der Waals surface area (Å²) in [6, 6.07) is 7.84. The number of halogens is 1. The molecule has 0 spiro atoms. The lowest BCUT2D eigenvalue weighted by Gasteiger charge is -2.16. The highest BCUT2D eigenvalue weighted by molar-refractivity contribution is 7.10. The second-order valence-electron chi connectivity index (χ2n) is 3.73. The zero-order chi connectivity index (χ0) is 12.3. The Hall–Kier alpha value is -1.26. The summed E-state index contributed by atoms with van der Waals surface area (Å²) in [6.07, 6.45) is 0.981. The normalized spacial score (nSPS) is 12.4. The number of hydrogen-bond acceptors (Lipinski definition) is 4. The number of nitrogens with two attached hydrogens (primary N) is 1. The van der Waals surface area contributed by atoms with Crippen LogP contribution in [-0.4, -0.2) is 4.98 Å². The Morgan fingerprint density at radius 3 is 2.94 bits per heavy atom. The molecule has 0 amide bonds. The van der Waals surface area contributed by atoms with Gasteiger partial charge in [0.25, 0.3) is 0 Å². The zero-order valence-corrected chi connectivity index (χ0v) is 11.1. The molecule has 2 aromatic heterocycles. The third-order valence-corrected chi connectivity index (χ3v) is 3.61. The van der Waals surface area contributed by atoms with Crippen molar-refractivity contribution in [2.75, 3.05) is 11.1 Å². The maximum atomic E-state index is 5.87. The second-order valence-corrected chi connectivity index (χ2v) is 5.10. The van der Waals surface area contributed by atoms with Gasteiger partial charge in [0, 0.05) is 16.6 Å². The number of hydrogen-bond donors (Lipinski definition) is 2. The molecular weight excluding hydrogens is 254 g/mol. The highest BCUT2D eigenvalue weighted by atomic mass is 35.5. The first-order valence-corrected chi connectivity index (χ1v) is 6.68. The van der Waals surface area contributed by atoms with Crippen molar-refractivity contribution in [3.8, 4) is 0 Å². The Morgan fingerprint density at radius 1 is 1.53 bits per heavy atom. The Labute approximate surface area is 110 Å². The van der Waals surface area contributed by atoms with Crippen molar-refractivity contribution in [3.05, 3.63) is 39.7 Å². The molecule has 1 unspecified atom stereocenters. The van der Waals surface area contributed by atoms with E-state index in [0.29, 0.717) is 10.8 Å². The summed E-state index contributed by atoms with van der Waals surface area (Å²) in [7, 11) is 0. The second kappa shape index (κ2) is 5.38. The summed E-state index contributed by atoms with van der Waals surface area (Å²) in [4.78, 5) is 5.50. The van der Waals surface area contributed by atoms with E-state index in [1.54, 1.807) is 23.5 Å². The Morgan fingerprint density at radius 2 is 2.35 bits per heavy atom. The standard InChI is InChI=1S/C12H14ClN3S/c1-2-9(10-4-3-5-17-10)15-12-7-8(14)6-11(13)16-12/h3-7,9H,2H2,1H3,(H3,14,15,16). The fourth-order valence-corrected chi connectivity index (χ4v) is 2.71. The molecule has 0 bridgehead atoms. The summed E-state index contributed by atoms with van der Waals surface area (Å²) in [5, 5.41) is 5.83. The molecule has 2 rings (SSSR count). The van der Waals surface area contributed by atoms with E-state index < -0.39 is 0 Å². The Balaban J connectivity index is 2.18. The van der Waals surface area contributed by atoms with Crippen LogP contribution < -0.4 is 11.1 Å². The summed E-state index contributed by atoms with van der Waals surface area (Å²) < 4.78 is 0. The van der Waals surface area contributed by atoms with Gasteiger partial charge in [-0.2, -0.15) is 0 Å². The van der Waals surface area contributed by atoms with E-state index in [1.807, 2.05) is 6.07 Å². The van der Waals surface area contributed by atoms with Gasteiger partial charge in [-0.3, -0.25) is 0 Å². The number of pyridine rings is 1. The number of nitrogen functional groups attached to an aromatic ring is 1. The molecule has 0 aliphatic heterocycles. The third kappa shape index (κ3) is 3.11. The van der Waals surface area contributed by atoms with Crippen molar-refractivity contribution in [1.29, 1.82) is 0 Å². The molecule has 0 aliphatic rings. The van der Waals surface area contributed by atoms with Gasteiger partial charge in [0.05, 0.1) is 6.04 Å².